The first-order valence-electron chi connectivity index (χ1n) is 9.06. The van der Waals surface area contributed by atoms with Crippen molar-refractivity contribution in [1.29, 1.82) is 0 Å². The van der Waals surface area contributed by atoms with Crippen molar-refractivity contribution in [2.75, 3.05) is 44.7 Å². The molecule has 1 fully saturated rings. The van der Waals surface area contributed by atoms with Crippen molar-refractivity contribution in [3.05, 3.63) is 30.1 Å². The van der Waals surface area contributed by atoms with E-state index < -0.39 is 0 Å². The van der Waals surface area contributed by atoms with Gasteiger partial charge in [0.2, 0.25) is 0 Å². The van der Waals surface area contributed by atoms with E-state index in [9.17, 15) is 0 Å². The Morgan fingerprint density at radius 3 is 2.71 bits per heavy atom. The molecule has 1 aromatic carbocycles. The normalized spacial score (nSPS) is 16.6. The molecule has 0 spiro atoms. The monoisotopic (exact) mass is 327 g/mol. The number of likely N-dealkylation sites (tertiary alicyclic amines) is 1. The molecule has 1 atom stereocenters. The molecular weight excluding hydrogens is 298 g/mol. The molecule has 2 heterocycles. The summed E-state index contributed by atoms with van der Waals surface area (Å²) >= 11 is 0. The Kier molecular flexibility index (Phi) is 5.63. The van der Waals surface area contributed by atoms with E-state index in [1.54, 1.807) is 0 Å². The van der Waals surface area contributed by atoms with Crippen LogP contribution in [0.25, 0.3) is 10.9 Å². The quantitative estimate of drug-likeness (QED) is 0.845. The summed E-state index contributed by atoms with van der Waals surface area (Å²) in [5.41, 5.74) is 6.71. The molecule has 1 aromatic heterocycles. The van der Waals surface area contributed by atoms with Crippen LogP contribution in [0.4, 0.5) is 5.82 Å². The predicted octanol–water partition coefficient (Wildman–Crippen LogP) is 2.30. The Labute approximate surface area is 144 Å². The third-order valence-electron chi connectivity index (χ3n) is 4.71. The van der Waals surface area contributed by atoms with Gasteiger partial charge in [-0.3, -0.25) is 0 Å². The van der Waals surface area contributed by atoms with E-state index in [1.165, 1.54) is 32.5 Å². The van der Waals surface area contributed by atoms with Crippen LogP contribution in [0.15, 0.2) is 24.3 Å². The highest BCUT2D eigenvalue weighted by Gasteiger charge is 2.18. The molecule has 0 radical (unpaired) electrons. The lowest BCUT2D eigenvalue weighted by molar-refractivity contribution is 0.290. The predicted molar refractivity (Wildman–Crippen MR) is 100 cm³/mol. The van der Waals surface area contributed by atoms with Gasteiger partial charge in [-0.1, -0.05) is 19.1 Å². The second kappa shape index (κ2) is 7.90. The van der Waals surface area contributed by atoms with Crippen LogP contribution in [0.3, 0.4) is 0 Å². The topological polar surface area (TPSA) is 58.3 Å². The van der Waals surface area contributed by atoms with Crippen molar-refractivity contribution >= 4 is 16.7 Å². The van der Waals surface area contributed by atoms with E-state index in [2.05, 4.69) is 47.0 Å². The molecule has 24 heavy (non-hydrogen) atoms. The first-order valence-corrected chi connectivity index (χ1v) is 9.06. The molecule has 1 aliphatic heterocycles. The Morgan fingerprint density at radius 1 is 1.21 bits per heavy atom. The van der Waals surface area contributed by atoms with Gasteiger partial charge in [-0.15, -0.1) is 0 Å². The summed E-state index contributed by atoms with van der Waals surface area (Å²) in [6.45, 7) is 7.59. The molecule has 5 heteroatoms. The fraction of sp³-hybridized carbons (Fsp3) is 0.579. The maximum absolute atomic E-state index is 5.70. The highest BCUT2D eigenvalue weighted by molar-refractivity contribution is 5.89. The Balaban J connectivity index is 1.78. The molecule has 1 saturated heterocycles. The van der Waals surface area contributed by atoms with E-state index in [0.717, 1.165) is 35.5 Å². The number of nitrogens with zero attached hydrogens (tertiary/aromatic N) is 4. The molecule has 0 amide bonds. The molecule has 1 aliphatic rings. The van der Waals surface area contributed by atoms with Gasteiger partial charge in [0.15, 0.2) is 0 Å². The van der Waals surface area contributed by atoms with Crippen LogP contribution in [0.2, 0.25) is 0 Å². The van der Waals surface area contributed by atoms with E-state index >= 15 is 0 Å². The van der Waals surface area contributed by atoms with Crippen LogP contribution in [-0.4, -0.2) is 54.6 Å². The van der Waals surface area contributed by atoms with Gasteiger partial charge < -0.3 is 15.5 Å². The average Bonchev–Trinajstić information content (AvgIpc) is 3.07. The highest BCUT2D eigenvalue weighted by Crippen LogP contribution is 2.24. The molecule has 0 bridgehead atoms. The third-order valence-corrected chi connectivity index (χ3v) is 4.71. The summed E-state index contributed by atoms with van der Waals surface area (Å²) < 4.78 is 0. The molecule has 0 unspecified atom stereocenters. The number of rotatable bonds is 7. The minimum Gasteiger partial charge on any atom is -0.359 e. The van der Waals surface area contributed by atoms with Crippen LogP contribution in [0.5, 0.6) is 0 Å². The lowest BCUT2D eigenvalue weighted by Crippen LogP contribution is -2.33. The molecule has 2 N–H and O–H groups in total. The molecule has 5 nitrogen and oxygen atoms in total. The first-order chi connectivity index (χ1) is 11.7. The van der Waals surface area contributed by atoms with Gasteiger partial charge >= 0.3 is 0 Å². The molecule has 3 rings (SSSR count). The standard InChI is InChI=1S/C19H29N5/c1-15(14-24-11-5-6-12-24)13-23(2)19-16-7-3-4-8-17(16)21-18(22-19)9-10-20/h3-4,7-8,15H,5-6,9-14,20H2,1-2H3/t15-/m1/s1. The molecule has 0 aliphatic carbocycles. The van der Waals surface area contributed by atoms with Crippen LogP contribution < -0.4 is 10.6 Å². The Hall–Kier alpha value is -1.72. The van der Waals surface area contributed by atoms with Gasteiger partial charge in [-0.05, 0) is 50.5 Å². The van der Waals surface area contributed by atoms with Crippen molar-refractivity contribution in [1.82, 2.24) is 14.9 Å². The summed E-state index contributed by atoms with van der Waals surface area (Å²) in [5, 5.41) is 1.12. The number of hydrogen-bond donors (Lipinski definition) is 1. The molecule has 0 saturated carbocycles. The van der Waals surface area contributed by atoms with Crippen LogP contribution in [0, 0.1) is 5.92 Å². The maximum Gasteiger partial charge on any atom is 0.139 e. The van der Waals surface area contributed by atoms with Gasteiger partial charge in [0.1, 0.15) is 11.6 Å². The molecular formula is C19H29N5. The summed E-state index contributed by atoms with van der Waals surface area (Å²) in [7, 11) is 2.14. The fourth-order valence-corrected chi connectivity index (χ4v) is 3.66. The van der Waals surface area contributed by atoms with Crippen LogP contribution in [0.1, 0.15) is 25.6 Å². The van der Waals surface area contributed by atoms with Crippen molar-refractivity contribution in [2.45, 2.75) is 26.2 Å². The number of fused-ring (bicyclic) bond motifs is 1. The van der Waals surface area contributed by atoms with Crippen molar-refractivity contribution in [3.8, 4) is 0 Å². The van der Waals surface area contributed by atoms with Gasteiger partial charge in [-0.25, -0.2) is 9.97 Å². The van der Waals surface area contributed by atoms with Crippen molar-refractivity contribution < 1.29 is 0 Å². The number of benzene rings is 1. The third kappa shape index (κ3) is 4.02. The maximum atomic E-state index is 5.70. The Morgan fingerprint density at radius 2 is 1.96 bits per heavy atom. The summed E-state index contributed by atoms with van der Waals surface area (Å²) in [5.74, 6) is 2.47. The average molecular weight is 327 g/mol. The largest absolute Gasteiger partial charge is 0.359 e. The van der Waals surface area contributed by atoms with E-state index in [4.69, 9.17) is 10.7 Å². The first kappa shape index (κ1) is 17.1. The number of hydrogen-bond acceptors (Lipinski definition) is 5. The lowest BCUT2D eigenvalue weighted by Gasteiger charge is -2.27. The zero-order chi connectivity index (χ0) is 16.9. The second-order valence-electron chi connectivity index (χ2n) is 7.01. The number of anilines is 1. The smallest absolute Gasteiger partial charge is 0.139 e. The minimum absolute atomic E-state index is 0.576. The van der Waals surface area contributed by atoms with Gasteiger partial charge in [0.05, 0.1) is 5.52 Å². The minimum atomic E-state index is 0.576. The van der Waals surface area contributed by atoms with Crippen LogP contribution >= 0.6 is 0 Å². The van der Waals surface area contributed by atoms with Crippen molar-refractivity contribution in [2.24, 2.45) is 11.7 Å². The van der Waals surface area contributed by atoms with Gasteiger partial charge in [0, 0.05) is 31.9 Å². The van der Waals surface area contributed by atoms with Gasteiger partial charge in [-0.2, -0.15) is 0 Å². The Bertz CT molecular complexity index is 666. The van der Waals surface area contributed by atoms with E-state index in [-0.39, 0.29) is 0 Å². The van der Waals surface area contributed by atoms with E-state index in [1.807, 2.05) is 6.07 Å². The highest BCUT2D eigenvalue weighted by atomic mass is 15.2. The summed E-state index contributed by atoms with van der Waals surface area (Å²) in [4.78, 5) is 14.3. The molecule has 2 aromatic rings. The lowest BCUT2D eigenvalue weighted by atomic mass is 10.1. The van der Waals surface area contributed by atoms with Crippen LogP contribution in [-0.2, 0) is 6.42 Å². The number of aromatic nitrogens is 2. The van der Waals surface area contributed by atoms with Gasteiger partial charge in [0.25, 0.3) is 0 Å². The molecule has 130 valence electrons. The zero-order valence-corrected chi connectivity index (χ0v) is 14.9. The second-order valence-corrected chi connectivity index (χ2v) is 7.01. The van der Waals surface area contributed by atoms with E-state index in [0.29, 0.717) is 12.5 Å². The van der Waals surface area contributed by atoms with Crippen molar-refractivity contribution in [3.63, 3.8) is 0 Å². The number of para-hydroxylation sites is 1. The SMILES string of the molecule is C[C@@H](CN1CCCC1)CN(C)c1nc(CCN)nc2ccccc12. The zero-order valence-electron chi connectivity index (χ0n) is 14.9. The fourth-order valence-electron chi connectivity index (χ4n) is 3.66. The summed E-state index contributed by atoms with van der Waals surface area (Å²) in [6, 6.07) is 8.25. The summed E-state index contributed by atoms with van der Waals surface area (Å²) in [6.07, 6.45) is 3.41. The number of nitrogens with two attached hydrogens (primary N) is 1.